The van der Waals surface area contributed by atoms with Crippen molar-refractivity contribution >= 4 is 11.6 Å². The average Bonchev–Trinajstić information content (AvgIpc) is 2.38. The lowest BCUT2D eigenvalue weighted by molar-refractivity contribution is -0.124. The molecule has 2 unspecified atom stereocenters. The molecule has 0 aliphatic carbocycles. The van der Waals surface area contributed by atoms with Crippen LogP contribution in [0.4, 0.5) is 10.1 Å². The molecular weight excluding hydrogens is 255 g/mol. The predicted octanol–water partition coefficient (Wildman–Crippen LogP) is 2.81. The molecule has 3 nitrogen and oxygen atoms in total. The first-order chi connectivity index (χ1) is 9.45. The van der Waals surface area contributed by atoms with Gasteiger partial charge in [0.2, 0.25) is 5.91 Å². The van der Waals surface area contributed by atoms with E-state index in [1.165, 1.54) is 12.1 Å². The highest BCUT2D eigenvalue weighted by Gasteiger charge is 2.26. The zero-order valence-corrected chi connectivity index (χ0v) is 12.4. The highest BCUT2D eigenvalue weighted by molar-refractivity contribution is 5.78. The molecule has 2 rings (SSSR count). The van der Waals surface area contributed by atoms with E-state index in [9.17, 15) is 9.18 Å². The molecule has 1 aliphatic heterocycles. The maximum absolute atomic E-state index is 13.0. The van der Waals surface area contributed by atoms with E-state index < -0.39 is 0 Å². The van der Waals surface area contributed by atoms with Gasteiger partial charge in [-0.25, -0.2) is 4.39 Å². The highest BCUT2D eigenvalue weighted by atomic mass is 19.1. The summed E-state index contributed by atoms with van der Waals surface area (Å²) < 4.78 is 13.0. The van der Waals surface area contributed by atoms with E-state index in [2.05, 4.69) is 17.1 Å². The largest absolute Gasteiger partial charge is 0.369 e. The minimum atomic E-state index is -0.219. The lowest BCUT2D eigenvalue weighted by atomic mass is 9.95. The van der Waals surface area contributed by atoms with Crippen LogP contribution in [0, 0.1) is 17.7 Å². The van der Waals surface area contributed by atoms with Gasteiger partial charge in [0, 0.05) is 30.7 Å². The van der Waals surface area contributed by atoms with Crippen molar-refractivity contribution in [1.29, 1.82) is 0 Å². The number of rotatable bonds is 3. The lowest BCUT2D eigenvalue weighted by Crippen LogP contribution is -2.51. The van der Waals surface area contributed by atoms with Crippen molar-refractivity contribution in [2.45, 2.75) is 33.2 Å². The fourth-order valence-electron chi connectivity index (χ4n) is 2.69. The van der Waals surface area contributed by atoms with Crippen molar-refractivity contribution in [1.82, 2.24) is 5.32 Å². The summed E-state index contributed by atoms with van der Waals surface area (Å²) in [6.45, 7) is 7.72. The zero-order chi connectivity index (χ0) is 14.7. The van der Waals surface area contributed by atoms with Crippen molar-refractivity contribution in [3.63, 3.8) is 0 Å². The number of piperidine rings is 1. The van der Waals surface area contributed by atoms with Gasteiger partial charge in [-0.3, -0.25) is 4.79 Å². The van der Waals surface area contributed by atoms with Crippen molar-refractivity contribution < 1.29 is 9.18 Å². The molecule has 20 heavy (non-hydrogen) atoms. The van der Waals surface area contributed by atoms with Crippen LogP contribution in [-0.4, -0.2) is 25.0 Å². The van der Waals surface area contributed by atoms with Gasteiger partial charge in [0.05, 0.1) is 0 Å². The van der Waals surface area contributed by atoms with Gasteiger partial charge in [-0.2, -0.15) is 0 Å². The Labute approximate surface area is 120 Å². The van der Waals surface area contributed by atoms with Crippen molar-refractivity contribution in [2.75, 3.05) is 18.0 Å². The summed E-state index contributed by atoms with van der Waals surface area (Å²) in [4.78, 5) is 14.0. The summed E-state index contributed by atoms with van der Waals surface area (Å²) >= 11 is 0. The monoisotopic (exact) mass is 278 g/mol. The summed E-state index contributed by atoms with van der Waals surface area (Å²) in [6, 6.07) is 6.73. The molecule has 1 saturated heterocycles. The molecule has 1 fully saturated rings. The van der Waals surface area contributed by atoms with Crippen LogP contribution >= 0.6 is 0 Å². The fraction of sp³-hybridized carbons (Fsp3) is 0.562. The number of carbonyl (C=O) groups is 1. The van der Waals surface area contributed by atoms with Gasteiger partial charge in [-0.1, -0.05) is 20.8 Å². The first kappa shape index (κ1) is 14.8. The predicted molar refractivity (Wildman–Crippen MR) is 79.2 cm³/mol. The number of anilines is 1. The van der Waals surface area contributed by atoms with Crippen molar-refractivity contribution in [2.24, 2.45) is 11.8 Å². The molecule has 1 aromatic rings. The topological polar surface area (TPSA) is 32.3 Å². The van der Waals surface area contributed by atoms with Crippen molar-refractivity contribution in [3.8, 4) is 0 Å². The van der Waals surface area contributed by atoms with Crippen LogP contribution in [-0.2, 0) is 4.79 Å². The van der Waals surface area contributed by atoms with Crippen LogP contribution in [0.5, 0.6) is 0 Å². The summed E-state index contributed by atoms with van der Waals surface area (Å²) in [5, 5.41) is 3.11. The Morgan fingerprint density at radius 2 is 1.95 bits per heavy atom. The fourth-order valence-corrected chi connectivity index (χ4v) is 2.69. The minimum absolute atomic E-state index is 0.00602. The number of benzene rings is 1. The van der Waals surface area contributed by atoms with E-state index in [-0.39, 0.29) is 23.7 Å². The maximum Gasteiger partial charge on any atom is 0.222 e. The van der Waals surface area contributed by atoms with Gasteiger partial charge in [0.25, 0.3) is 0 Å². The minimum Gasteiger partial charge on any atom is -0.369 e. The Hall–Kier alpha value is -1.58. The first-order valence-electron chi connectivity index (χ1n) is 7.26. The zero-order valence-electron chi connectivity index (χ0n) is 12.4. The summed E-state index contributed by atoms with van der Waals surface area (Å²) in [7, 11) is 0. The Morgan fingerprint density at radius 1 is 1.30 bits per heavy atom. The SMILES string of the molecule is CC1CC(NC(=O)C(C)C)CN(c2ccc(F)cc2)C1. The van der Waals surface area contributed by atoms with Crippen LogP contribution < -0.4 is 10.2 Å². The van der Waals surface area contributed by atoms with Crippen LogP contribution in [0.3, 0.4) is 0 Å². The molecular formula is C16H23FN2O. The van der Waals surface area contributed by atoms with Gasteiger partial charge in [-0.15, -0.1) is 0 Å². The second kappa shape index (κ2) is 6.25. The van der Waals surface area contributed by atoms with E-state index >= 15 is 0 Å². The Morgan fingerprint density at radius 3 is 2.55 bits per heavy atom. The van der Waals surface area contributed by atoms with Gasteiger partial charge < -0.3 is 10.2 Å². The molecule has 0 spiro atoms. The Balaban J connectivity index is 2.04. The normalized spacial score (nSPS) is 22.9. The van der Waals surface area contributed by atoms with Gasteiger partial charge in [0.15, 0.2) is 0 Å². The number of hydrogen-bond acceptors (Lipinski definition) is 2. The third kappa shape index (κ3) is 3.71. The molecule has 0 aromatic heterocycles. The molecule has 1 aromatic carbocycles. The third-order valence-electron chi connectivity index (χ3n) is 3.72. The van der Waals surface area contributed by atoms with Gasteiger partial charge in [0.1, 0.15) is 5.82 Å². The molecule has 1 amide bonds. The molecule has 0 radical (unpaired) electrons. The van der Waals surface area contributed by atoms with Crippen molar-refractivity contribution in [3.05, 3.63) is 30.1 Å². The van der Waals surface area contributed by atoms with E-state index in [4.69, 9.17) is 0 Å². The number of amides is 1. The highest BCUT2D eigenvalue weighted by Crippen LogP contribution is 2.23. The lowest BCUT2D eigenvalue weighted by Gasteiger charge is -2.38. The molecule has 0 bridgehead atoms. The molecule has 1 N–H and O–H groups in total. The molecule has 0 saturated carbocycles. The second-order valence-corrected chi connectivity index (χ2v) is 6.08. The summed E-state index contributed by atoms with van der Waals surface area (Å²) in [5.74, 6) is 0.393. The van der Waals surface area contributed by atoms with E-state index in [0.717, 1.165) is 25.2 Å². The second-order valence-electron chi connectivity index (χ2n) is 6.08. The quantitative estimate of drug-likeness (QED) is 0.922. The standard InChI is InChI=1S/C16H23FN2O/c1-11(2)16(20)18-14-8-12(3)9-19(10-14)15-6-4-13(17)5-7-15/h4-7,11-12,14H,8-10H2,1-3H3,(H,18,20). The van der Waals surface area contributed by atoms with E-state index in [1.807, 2.05) is 13.8 Å². The van der Waals surface area contributed by atoms with Crippen LogP contribution in [0.2, 0.25) is 0 Å². The summed E-state index contributed by atoms with van der Waals surface area (Å²) in [6.07, 6.45) is 0.996. The Bertz CT molecular complexity index is 458. The van der Waals surface area contributed by atoms with Gasteiger partial charge >= 0.3 is 0 Å². The number of nitrogens with zero attached hydrogens (tertiary/aromatic N) is 1. The smallest absolute Gasteiger partial charge is 0.222 e. The third-order valence-corrected chi connectivity index (χ3v) is 3.72. The number of nitrogens with one attached hydrogen (secondary N) is 1. The molecule has 1 aliphatic rings. The molecule has 4 heteroatoms. The Kier molecular flexibility index (Phi) is 4.63. The van der Waals surface area contributed by atoms with Crippen LogP contribution in [0.15, 0.2) is 24.3 Å². The molecule has 2 atom stereocenters. The van der Waals surface area contributed by atoms with Crippen LogP contribution in [0.1, 0.15) is 27.2 Å². The first-order valence-corrected chi connectivity index (χ1v) is 7.26. The maximum atomic E-state index is 13.0. The van der Waals surface area contributed by atoms with E-state index in [0.29, 0.717) is 5.92 Å². The molecule has 1 heterocycles. The van der Waals surface area contributed by atoms with E-state index in [1.54, 1.807) is 12.1 Å². The summed E-state index contributed by atoms with van der Waals surface area (Å²) in [5.41, 5.74) is 1.02. The number of halogens is 1. The van der Waals surface area contributed by atoms with Crippen LogP contribution in [0.25, 0.3) is 0 Å². The molecule has 110 valence electrons. The van der Waals surface area contributed by atoms with Gasteiger partial charge in [-0.05, 0) is 36.6 Å². The number of carbonyl (C=O) groups excluding carboxylic acids is 1. The average molecular weight is 278 g/mol. The number of hydrogen-bond donors (Lipinski definition) is 1.